The molecule has 0 aliphatic carbocycles. The summed E-state index contributed by atoms with van der Waals surface area (Å²) >= 11 is 0. The third-order valence-corrected chi connectivity index (χ3v) is 4.61. The van der Waals surface area contributed by atoms with Crippen molar-refractivity contribution < 1.29 is 86.6 Å². The van der Waals surface area contributed by atoms with E-state index in [4.69, 9.17) is 0 Å². The zero-order valence-corrected chi connectivity index (χ0v) is 22.9. The van der Waals surface area contributed by atoms with Gasteiger partial charge in [0.05, 0.1) is 15.7 Å². The van der Waals surface area contributed by atoms with Crippen LogP contribution in [0.15, 0.2) is 36.6 Å². The third kappa shape index (κ3) is 14.2. The summed E-state index contributed by atoms with van der Waals surface area (Å²) in [6, 6.07) is 0. The summed E-state index contributed by atoms with van der Waals surface area (Å²) < 4.78 is 41.0. The summed E-state index contributed by atoms with van der Waals surface area (Å²) in [4.78, 5) is 0. The van der Waals surface area contributed by atoms with E-state index in [0.717, 1.165) is 13.1 Å². The molecule has 0 amide bonds. The summed E-state index contributed by atoms with van der Waals surface area (Å²) in [6.07, 6.45) is 8.30. The molecule has 0 aromatic carbocycles. The molecule has 7 heteroatoms. The van der Waals surface area contributed by atoms with Crippen LogP contribution in [0.25, 0.3) is 0 Å². The summed E-state index contributed by atoms with van der Waals surface area (Å²) in [5, 5.41) is 0. The van der Waals surface area contributed by atoms with E-state index in [1.54, 1.807) is 6.92 Å². The van der Waals surface area contributed by atoms with Crippen LogP contribution in [0.1, 0.15) is 40.5 Å². The Morgan fingerprint density at radius 1 is 1.29 bits per heavy atom. The van der Waals surface area contributed by atoms with Gasteiger partial charge in [0.15, 0.2) is 0 Å². The van der Waals surface area contributed by atoms with Gasteiger partial charge >= 0.3 is 75.5 Å². The third-order valence-electron chi connectivity index (χ3n) is 2.73. The average molecular weight is 483 g/mol. The van der Waals surface area contributed by atoms with Gasteiger partial charge in [-0.05, 0) is 52.7 Å². The average Bonchev–Trinajstić information content (AvgIpc) is 2.95. The second-order valence-electron chi connectivity index (χ2n) is 5.66. The van der Waals surface area contributed by atoms with E-state index in [-0.39, 0.29) is 86.8 Å². The van der Waals surface area contributed by atoms with E-state index in [9.17, 15) is 13.0 Å². The van der Waals surface area contributed by atoms with Crippen molar-refractivity contribution in [3.05, 3.63) is 44.1 Å². The second kappa shape index (κ2) is 16.2. The van der Waals surface area contributed by atoms with Crippen LogP contribution in [0.2, 0.25) is 0 Å². The van der Waals surface area contributed by atoms with Crippen molar-refractivity contribution >= 4 is 11.0 Å². The van der Waals surface area contributed by atoms with Crippen LogP contribution >= 0.6 is 0 Å². The molecule has 1 rings (SSSR count). The van der Waals surface area contributed by atoms with Crippen molar-refractivity contribution in [1.29, 1.82) is 0 Å². The van der Waals surface area contributed by atoms with Crippen LogP contribution in [-0.2, 0) is 15.7 Å². The molecule has 24 heavy (non-hydrogen) atoms. The molecule has 0 spiro atoms. The minimum absolute atomic E-state index is 0. The van der Waals surface area contributed by atoms with Crippen LogP contribution in [0.4, 0.5) is 8.78 Å². The molecule has 136 valence electrons. The first-order valence-electron chi connectivity index (χ1n) is 7.29. The number of halogens is 2. The van der Waals surface area contributed by atoms with Gasteiger partial charge in [-0.15, -0.1) is 0 Å². The Kier molecular flexibility index (Phi) is 20.2. The predicted octanol–water partition coefficient (Wildman–Crippen LogP) is 1.87. The molecule has 0 radical (unpaired) electrons. The summed E-state index contributed by atoms with van der Waals surface area (Å²) in [5.41, 5.74) is 0. The number of hydrogen-bond acceptors (Lipinski definition) is 2. The molecule has 0 N–H and O–H groups in total. The first-order valence-corrected chi connectivity index (χ1v) is 8.40. The van der Waals surface area contributed by atoms with E-state index in [1.165, 1.54) is 37.1 Å². The van der Waals surface area contributed by atoms with E-state index in [1.807, 2.05) is 20.8 Å². The van der Waals surface area contributed by atoms with Crippen molar-refractivity contribution in [3.8, 4) is 0 Å². The number of rotatable bonds is 5. The molecule has 0 aromatic rings. The first-order chi connectivity index (χ1) is 10.2. The Morgan fingerprint density at radius 2 is 1.79 bits per heavy atom. The maximum absolute atomic E-state index is 11.7. The molecule has 1 aliphatic rings. The topological polar surface area (TPSA) is 29.5 Å². The van der Waals surface area contributed by atoms with Gasteiger partial charge in [0.2, 0.25) is 0 Å². The SMILES string of the molecule is C=C/C=C\C(=C/C)OC(F)F.CC(C)(C)S(=O)N1CCCC1.[CH3-].[Cs+]. The van der Waals surface area contributed by atoms with E-state index >= 15 is 0 Å². The quantitative estimate of drug-likeness (QED) is 0.340. The van der Waals surface area contributed by atoms with Gasteiger partial charge in [-0.1, -0.05) is 18.7 Å². The Hall–Kier alpha value is 1.04. The van der Waals surface area contributed by atoms with Crippen molar-refractivity contribution in [1.82, 2.24) is 4.31 Å². The molecule has 1 heterocycles. The monoisotopic (exact) mass is 483 g/mol. The molecule has 1 aliphatic heterocycles. The predicted molar refractivity (Wildman–Crippen MR) is 95.3 cm³/mol. The molecular formula is C17H30CsF2NO2S. The van der Waals surface area contributed by atoms with Gasteiger partial charge in [-0.3, -0.25) is 0 Å². The molecule has 1 fully saturated rings. The summed E-state index contributed by atoms with van der Waals surface area (Å²) in [7, 11) is -0.779. The number of allylic oxidation sites excluding steroid dienone is 4. The van der Waals surface area contributed by atoms with E-state index in [0.29, 0.717) is 0 Å². The van der Waals surface area contributed by atoms with Gasteiger partial charge in [0.25, 0.3) is 0 Å². The fourth-order valence-corrected chi connectivity index (χ4v) is 3.07. The summed E-state index contributed by atoms with van der Waals surface area (Å²) in [5.74, 6) is 0.139. The van der Waals surface area contributed by atoms with Gasteiger partial charge in [-0.25, -0.2) is 8.51 Å². The smallest absolute Gasteiger partial charge is 0.435 e. The molecular weight excluding hydrogens is 453 g/mol. The van der Waals surface area contributed by atoms with Crippen LogP contribution in [0.5, 0.6) is 0 Å². The van der Waals surface area contributed by atoms with Gasteiger partial charge < -0.3 is 12.2 Å². The van der Waals surface area contributed by atoms with Crippen LogP contribution in [0, 0.1) is 7.43 Å². The fraction of sp³-hybridized carbons (Fsp3) is 0.588. The Labute approximate surface area is 208 Å². The van der Waals surface area contributed by atoms with Gasteiger partial charge in [0.1, 0.15) is 5.76 Å². The van der Waals surface area contributed by atoms with Gasteiger partial charge in [-0.2, -0.15) is 8.78 Å². The molecule has 0 aromatic heterocycles. The number of ether oxygens (including phenoxy) is 1. The van der Waals surface area contributed by atoms with E-state index in [2.05, 4.69) is 15.6 Å². The second-order valence-corrected chi connectivity index (χ2v) is 7.90. The normalized spacial score (nSPS) is 16.7. The molecule has 0 bridgehead atoms. The van der Waals surface area contributed by atoms with Crippen LogP contribution < -0.4 is 68.9 Å². The largest absolute Gasteiger partial charge is 1.00 e. The zero-order valence-electron chi connectivity index (χ0n) is 15.9. The number of alkyl halides is 2. The number of nitrogens with zero attached hydrogens (tertiary/aromatic N) is 1. The molecule has 1 unspecified atom stereocenters. The standard InChI is InChI=1S/C8H10F2O.C8H17NOS.CH3.Cs/c1-3-5-6-7(4-2)11-8(9)10;1-8(2,3)11(10)9-6-4-5-7-9;;/h3-6,8H,1H2,2H3;4-7H2,1-3H3;1H3;/q;;-1;+1/b6-5-,7-4+;;;. The maximum Gasteiger partial charge on any atom is 1.00 e. The first kappa shape index (κ1) is 29.8. The minimum Gasteiger partial charge on any atom is -0.435 e. The molecule has 1 atom stereocenters. The molecule has 1 saturated heterocycles. The van der Waals surface area contributed by atoms with Crippen molar-refractivity contribution in [2.45, 2.75) is 51.9 Å². The van der Waals surface area contributed by atoms with Gasteiger partial charge in [0, 0.05) is 13.1 Å². The maximum atomic E-state index is 11.7. The van der Waals surface area contributed by atoms with Crippen LogP contribution in [0.3, 0.4) is 0 Å². The van der Waals surface area contributed by atoms with Crippen LogP contribution in [-0.4, -0.2) is 33.0 Å². The molecule has 3 nitrogen and oxygen atoms in total. The Morgan fingerprint density at radius 3 is 2.12 bits per heavy atom. The minimum atomic E-state index is -2.77. The summed E-state index contributed by atoms with van der Waals surface area (Å²) in [6.45, 7) is 10.4. The fourth-order valence-electron chi connectivity index (χ4n) is 1.71. The van der Waals surface area contributed by atoms with Crippen molar-refractivity contribution in [2.75, 3.05) is 13.1 Å². The van der Waals surface area contributed by atoms with E-state index < -0.39 is 17.6 Å². The Balaban J connectivity index is -0.000000339. The Bertz CT molecular complexity index is 415. The van der Waals surface area contributed by atoms with Crippen molar-refractivity contribution in [2.24, 2.45) is 0 Å². The van der Waals surface area contributed by atoms with Crippen molar-refractivity contribution in [3.63, 3.8) is 0 Å². The zero-order chi connectivity index (χ0) is 17.2. The number of hydrogen-bond donors (Lipinski definition) is 0. The molecule has 0 saturated carbocycles.